The fourth-order valence-electron chi connectivity index (χ4n) is 4.29. The van der Waals surface area contributed by atoms with Crippen LogP contribution in [-0.2, 0) is 4.79 Å². The van der Waals surface area contributed by atoms with Crippen LogP contribution in [0.3, 0.4) is 0 Å². The number of methoxy groups -OCH3 is 2. The normalized spacial score (nSPS) is 19.8. The van der Waals surface area contributed by atoms with Gasteiger partial charge in [-0.25, -0.2) is 4.68 Å². The molecule has 1 amide bonds. The Labute approximate surface area is 181 Å². The number of ether oxygens (including phenoxy) is 2. The van der Waals surface area contributed by atoms with Crippen LogP contribution in [0.15, 0.2) is 42.7 Å². The van der Waals surface area contributed by atoms with Gasteiger partial charge >= 0.3 is 0 Å². The summed E-state index contributed by atoms with van der Waals surface area (Å²) in [4.78, 5) is 17.9. The molecule has 0 spiro atoms. The van der Waals surface area contributed by atoms with Crippen LogP contribution in [0.1, 0.15) is 29.7 Å². The second kappa shape index (κ2) is 8.29. The zero-order valence-electron chi connectivity index (χ0n) is 18.3. The fraction of sp³-hybridized carbons (Fsp3) is 0.348. The minimum absolute atomic E-state index is 0.108. The van der Waals surface area contributed by atoms with Gasteiger partial charge in [-0.1, -0.05) is 29.8 Å². The van der Waals surface area contributed by atoms with E-state index in [1.807, 2.05) is 51.1 Å². The molecular weight excluding hydrogens is 394 g/mol. The molecule has 0 bridgehead atoms. The zero-order chi connectivity index (χ0) is 22.1. The lowest BCUT2D eigenvalue weighted by Gasteiger charge is -2.37. The second-order valence-corrected chi connectivity index (χ2v) is 7.82. The number of nitrogens with zero attached hydrogens (tertiary/aromatic N) is 3. The van der Waals surface area contributed by atoms with Crippen molar-refractivity contribution in [2.75, 3.05) is 24.9 Å². The van der Waals surface area contributed by atoms with Crippen molar-refractivity contribution in [3.8, 4) is 11.5 Å². The Kier molecular flexibility index (Phi) is 5.54. The molecular formula is C23H27N5O3. The van der Waals surface area contributed by atoms with Crippen LogP contribution in [0.4, 0.5) is 11.6 Å². The molecule has 2 heterocycles. The van der Waals surface area contributed by atoms with E-state index in [-0.39, 0.29) is 11.9 Å². The predicted molar refractivity (Wildman–Crippen MR) is 119 cm³/mol. The van der Waals surface area contributed by atoms with E-state index in [2.05, 4.69) is 26.8 Å². The van der Waals surface area contributed by atoms with Crippen LogP contribution in [0.25, 0.3) is 0 Å². The first kappa shape index (κ1) is 20.7. The van der Waals surface area contributed by atoms with Gasteiger partial charge in [0.05, 0.1) is 26.2 Å². The Bertz CT molecular complexity index is 1110. The monoisotopic (exact) mass is 421 g/mol. The molecule has 0 radical (unpaired) electrons. The standard InChI is InChI=1S/C23H27N5O3/c1-13-9-10-17(14(2)11-13)27-22(29)19-15(3)26-23-24-12-25-28(23)20(19)16-7-6-8-18(30-4)21(16)31-5/h6-12,15,19-20H,1-5H3,(H,27,29)(H,24,25,26)/t15-,19-,20+/m0/s1. The minimum atomic E-state index is -0.476. The molecule has 2 N–H and O–H groups in total. The van der Waals surface area contributed by atoms with Crippen molar-refractivity contribution in [2.45, 2.75) is 32.9 Å². The molecule has 0 saturated carbocycles. The number of carbonyl (C=O) groups is 1. The molecule has 31 heavy (non-hydrogen) atoms. The molecule has 8 nitrogen and oxygen atoms in total. The van der Waals surface area contributed by atoms with Gasteiger partial charge < -0.3 is 20.1 Å². The van der Waals surface area contributed by atoms with E-state index in [0.717, 1.165) is 22.4 Å². The topological polar surface area (TPSA) is 90.3 Å². The molecule has 4 rings (SSSR count). The van der Waals surface area contributed by atoms with Gasteiger partial charge in [-0.05, 0) is 38.5 Å². The molecule has 1 aromatic heterocycles. The van der Waals surface area contributed by atoms with Crippen molar-refractivity contribution in [2.24, 2.45) is 5.92 Å². The third-order valence-electron chi connectivity index (χ3n) is 5.77. The Hall–Kier alpha value is -3.55. The Balaban J connectivity index is 1.80. The average Bonchev–Trinajstić information content (AvgIpc) is 3.21. The fourth-order valence-corrected chi connectivity index (χ4v) is 4.29. The average molecular weight is 422 g/mol. The zero-order valence-corrected chi connectivity index (χ0v) is 18.3. The molecule has 162 valence electrons. The summed E-state index contributed by atoms with van der Waals surface area (Å²) < 4.78 is 12.9. The van der Waals surface area contributed by atoms with E-state index in [1.165, 1.54) is 6.33 Å². The second-order valence-electron chi connectivity index (χ2n) is 7.82. The molecule has 3 aromatic rings. The SMILES string of the molecule is COc1cccc([C@@H]2[C@@H](C(=O)Nc3ccc(C)cc3C)[C@H](C)Nc3ncnn32)c1OC. The van der Waals surface area contributed by atoms with Gasteiger partial charge in [0, 0.05) is 17.3 Å². The van der Waals surface area contributed by atoms with Crippen molar-refractivity contribution in [3.05, 3.63) is 59.4 Å². The number of para-hydroxylation sites is 1. The van der Waals surface area contributed by atoms with Gasteiger partial charge in [0.15, 0.2) is 11.5 Å². The van der Waals surface area contributed by atoms with Gasteiger partial charge in [0.1, 0.15) is 6.33 Å². The summed E-state index contributed by atoms with van der Waals surface area (Å²) in [5, 5.41) is 10.8. The van der Waals surface area contributed by atoms with E-state index in [1.54, 1.807) is 18.9 Å². The van der Waals surface area contributed by atoms with Crippen LogP contribution < -0.4 is 20.1 Å². The Morgan fingerprint density at radius 1 is 1.16 bits per heavy atom. The lowest BCUT2D eigenvalue weighted by molar-refractivity contribution is -0.121. The highest BCUT2D eigenvalue weighted by atomic mass is 16.5. The van der Waals surface area contributed by atoms with Gasteiger partial charge in [-0.15, -0.1) is 0 Å². The van der Waals surface area contributed by atoms with Crippen LogP contribution in [0.5, 0.6) is 11.5 Å². The van der Waals surface area contributed by atoms with Gasteiger partial charge in [-0.2, -0.15) is 10.1 Å². The first-order valence-electron chi connectivity index (χ1n) is 10.2. The molecule has 8 heteroatoms. The number of aromatic nitrogens is 3. The molecule has 0 aliphatic carbocycles. The molecule has 2 aromatic carbocycles. The number of rotatable bonds is 5. The van der Waals surface area contributed by atoms with Gasteiger partial charge in [0.2, 0.25) is 11.9 Å². The van der Waals surface area contributed by atoms with E-state index >= 15 is 0 Å². The summed E-state index contributed by atoms with van der Waals surface area (Å²) in [5.41, 5.74) is 3.77. The van der Waals surface area contributed by atoms with Crippen LogP contribution in [0.2, 0.25) is 0 Å². The molecule has 1 aliphatic rings. The molecule has 0 unspecified atom stereocenters. The lowest BCUT2D eigenvalue weighted by Crippen LogP contribution is -2.46. The van der Waals surface area contributed by atoms with Crippen molar-refractivity contribution in [1.82, 2.24) is 14.8 Å². The number of amides is 1. The maximum atomic E-state index is 13.6. The maximum Gasteiger partial charge on any atom is 0.232 e. The van der Waals surface area contributed by atoms with Gasteiger partial charge in [0.25, 0.3) is 0 Å². The van der Waals surface area contributed by atoms with E-state index in [4.69, 9.17) is 9.47 Å². The number of fused-ring (bicyclic) bond motifs is 1. The smallest absolute Gasteiger partial charge is 0.232 e. The van der Waals surface area contributed by atoms with Gasteiger partial charge in [-0.3, -0.25) is 4.79 Å². The van der Waals surface area contributed by atoms with E-state index < -0.39 is 12.0 Å². The molecule has 0 saturated heterocycles. The minimum Gasteiger partial charge on any atom is -0.493 e. The third kappa shape index (κ3) is 3.69. The van der Waals surface area contributed by atoms with E-state index in [0.29, 0.717) is 17.4 Å². The van der Waals surface area contributed by atoms with Crippen molar-refractivity contribution in [1.29, 1.82) is 0 Å². The van der Waals surface area contributed by atoms with Crippen LogP contribution >= 0.6 is 0 Å². The van der Waals surface area contributed by atoms with Crippen LogP contribution in [0, 0.1) is 19.8 Å². The number of hydrogen-bond donors (Lipinski definition) is 2. The van der Waals surface area contributed by atoms with Crippen molar-refractivity contribution >= 4 is 17.5 Å². The van der Waals surface area contributed by atoms with Crippen molar-refractivity contribution in [3.63, 3.8) is 0 Å². The summed E-state index contributed by atoms with van der Waals surface area (Å²) in [6.45, 7) is 6.00. The number of hydrogen-bond acceptors (Lipinski definition) is 6. The van der Waals surface area contributed by atoms with E-state index in [9.17, 15) is 4.79 Å². The lowest BCUT2D eigenvalue weighted by atomic mass is 9.84. The number of anilines is 2. The third-order valence-corrected chi connectivity index (χ3v) is 5.77. The van der Waals surface area contributed by atoms with Crippen LogP contribution in [-0.4, -0.2) is 40.9 Å². The Morgan fingerprint density at radius 2 is 1.97 bits per heavy atom. The first-order valence-corrected chi connectivity index (χ1v) is 10.2. The Morgan fingerprint density at radius 3 is 2.68 bits per heavy atom. The predicted octanol–water partition coefficient (Wildman–Crippen LogP) is 3.57. The number of aryl methyl sites for hydroxylation is 2. The number of carbonyl (C=O) groups excluding carboxylic acids is 1. The summed E-state index contributed by atoms with van der Waals surface area (Å²) in [6.07, 6.45) is 1.49. The summed E-state index contributed by atoms with van der Waals surface area (Å²) in [7, 11) is 3.19. The molecule has 1 aliphatic heterocycles. The highest BCUT2D eigenvalue weighted by Gasteiger charge is 2.43. The maximum absolute atomic E-state index is 13.6. The number of benzene rings is 2. The molecule has 3 atom stereocenters. The summed E-state index contributed by atoms with van der Waals surface area (Å²) in [6, 6.07) is 11.0. The quantitative estimate of drug-likeness (QED) is 0.655. The van der Waals surface area contributed by atoms with Crippen molar-refractivity contribution < 1.29 is 14.3 Å². The first-order chi connectivity index (χ1) is 14.9. The summed E-state index contributed by atoms with van der Waals surface area (Å²) in [5.74, 6) is 1.20. The summed E-state index contributed by atoms with van der Waals surface area (Å²) >= 11 is 0. The number of nitrogens with one attached hydrogen (secondary N) is 2. The highest BCUT2D eigenvalue weighted by molar-refractivity contribution is 5.95. The largest absolute Gasteiger partial charge is 0.493 e. The highest BCUT2D eigenvalue weighted by Crippen LogP contribution is 2.43. The molecule has 0 fully saturated rings.